The molecule has 1 atom stereocenters. The molecule has 0 spiro atoms. The van der Waals surface area contributed by atoms with Crippen molar-refractivity contribution in [2.45, 2.75) is 6.10 Å². The van der Waals surface area contributed by atoms with Gasteiger partial charge in [0, 0.05) is 24.5 Å². The van der Waals surface area contributed by atoms with Crippen LogP contribution in [0.25, 0.3) is 10.9 Å². The monoisotopic (exact) mass is 269 g/mol. The van der Waals surface area contributed by atoms with E-state index in [2.05, 4.69) is 16.4 Å². The molecule has 5 heteroatoms. The van der Waals surface area contributed by atoms with Crippen molar-refractivity contribution >= 4 is 10.9 Å². The Hall–Kier alpha value is -2.16. The second-order valence-electron chi connectivity index (χ2n) is 4.64. The first-order valence-electron chi connectivity index (χ1n) is 6.62. The molecule has 102 valence electrons. The molecule has 2 aromatic rings. The number of hydrogen-bond donors (Lipinski definition) is 1. The molecule has 1 aliphatic heterocycles. The predicted octanol–water partition coefficient (Wildman–Crippen LogP) is 1.47. The second-order valence-corrected chi connectivity index (χ2v) is 4.64. The van der Waals surface area contributed by atoms with E-state index in [1.54, 1.807) is 6.07 Å². The molecule has 1 aliphatic rings. The number of hydrogen-bond acceptors (Lipinski definition) is 5. The van der Waals surface area contributed by atoms with E-state index in [9.17, 15) is 5.26 Å². The molecule has 0 amide bonds. The number of ether oxygens (including phenoxy) is 2. The summed E-state index contributed by atoms with van der Waals surface area (Å²) in [5.41, 5.74) is 1.34. The SMILES string of the molecule is N#Cc1cc(OCC2CNCCO2)nc2ccccc12. The molecule has 5 nitrogen and oxygen atoms in total. The van der Waals surface area contributed by atoms with Crippen LogP contribution in [0.2, 0.25) is 0 Å². The van der Waals surface area contributed by atoms with Gasteiger partial charge in [-0.05, 0) is 6.07 Å². The van der Waals surface area contributed by atoms with Crippen LogP contribution in [0.5, 0.6) is 5.88 Å². The smallest absolute Gasteiger partial charge is 0.215 e. The summed E-state index contributed by atoms with van der Waals surface area (Å²) in [6.45, 7) is 2.79. The topological polar surface area (TPSA) is 67.2 Å². The average Bonchev–Trinajstić information content (AvgIpc) is 2.53. The lowest BCUT2D eigenvalue weighted by Crippen LogP contribution is -2.41. The summed E-state index contributed by atoms with van der Waals surface area (Å²) in [4.78, 5) is 4.42. The summed E-state index contributed by atoms with van der Waals surface area (Å²) in [5, 5.41) is 13.3. The van der Waals surface area contributed by atoms with Crippen LogP contribution >= 0.6 is 0 Å². The summed E-state index contributed by atoms with van der Waals surface area (Å²) in [5.74, 6) is 0.467. The molecule has 1 N–H and O–H groups in total. The van der Waals surface area contributed by atoms with Crippen molar-refractivity contribution in [3.63, 3.8) is 0 Å². The lowest BCUT2D eigenvalue weighted by atomic mass is 10.1. The molecule has 1 unspecified atom stereocenters. The molecule has 0 saturated carbocycles. The molecule has 0 aliphatic carbocycles. The van der Waals surface area contributed by atoms with Crippen LogP contribution in [-0.2, 0) is 4.74 Å². The molecule has 1 saturated heterocycles. The highest BCUT2D eigenvalue weighted by atomic mass is 16.5. The quantitative estimate of drug-likeness (QED) is 0.914. The third-order valence-corrected chi connectivity index (χ3v) is 3.23. The van der Waals surface area contributed by atoms with Crippen molar-refractivity contribution in [3.8, 4) is 11.9 Å². The van der Waals surface area contributed by atoms with Crippen LogP contribution in [0.3, 0.4) is 0 Å². The molecule has 0 radical (unpaired) electrons. The third-order valence-electron chi connectivity index (χ3n) is 3.23. The Morgan fingerprint density at radius 2 is 2.35 bits per heavy atom. The summed E-state index contributed by atoms with van der Waals surface area (Å²) in [6.07, 6.45) is 0.0301. The van der Waals surface area contributed by atoms with E-state index < -0.39 is 0 Å². The largest absolute Gasteiger partial charge is 0.475 e. The van der Waals surface area contributed by atoms with E-state index >= 15 is 0 Å². The molecule has 1 fully saturated rings. The summed E-state index contributed by atoms with van der Waals surface area (Å²) >= 11 is 0. The van der Waals surface area contributed by atoms with Crippen LogP contribution < -0.4 is 10.1 Å². The number of nitriles is 1. The van der Waals surface area contributed by atoms with Crippen molar-refractivity contribution in [1.29, 1.82) is 5.26 Å². The van der Waals surface area contributed by atoms with Gasteiger partial charge in [-0.1, -0.05) is 18.2 Å². The first-order chi connectivity index (χ1) is 9.86. The van der Waals surface area contributed by atoms with Gasteiger partial charge < -0.3 is 14.8 Å². The van der Waals surface area contributed by atoms with Crippen LogP contribution in [0.4, 0.5) is 0 Å². The van der Waals surface area contributed by atoms with Gasteiger partial charge in [0.1, 0.15) is 18.8 Å². The van der Waals surface area contributed by atoms with Crippen molar-refractivity contribution in [2.75, 3.05) is 26.3 Å². The first-order valence-corrected chi connectivity index (χ1v) is 6.62. The summed E-state index contributed by atoms with van der Waals surface area (Å²) < 4.78 is 11.2. The molecular formula is C15H15N3O2. The zero-order valence-corrected chi connectivity index (χ0v) is 11.0. The van der Waals surface area contributed by atoms with Crippen molar-refractivity contribution in [2.24, 2.45) is 0 Å². The van der Waals surface area contributed by atoms with Crippen molar-refractivity contribution in [3.05, 3.63) is 35.9 Å². The zero-order chi connectivity index (χ0) is 13.8. The standard InChI is InChI=1S/C15H15N3O2/c16-8-11-7-15(18-14-4-2-1-3-13(11)14)20-10-12-9-17-5-6-19-12/h1-4,7,12,17H,5-6,9-10H2. The molecule has 2 heterocycles. The molecular weight excluding hydrogens is 254 g/mol. The molecule has 20 heavy (non-hydrogen) atoms. The molecule has 1 aromatic heterocycles. The maximum atomic E-state index is 9.21. The van der Waals surface area contributed by atoms with Crippen LogP contribution in [0, 0.1) is 11.3 Å². The number of rotatable bonds is 3. The Labute approximate surface area is 117 Å². The molecule has 0 bridgehead atoms. The Kier molecular flexibility index (Phi) is 3.77. The highest BCUT2D eigenvalue weighted by molar-refractivity contribution is 5.85. The van der Waals surface area contributed by atoms with Gasteiger partial charge in [0.15, 0.2) is 0 Å². The van der Waals surface area contributed by atoms with Gasteiger partial charge in [-0.2, -0.15) is 5.26 Å². The first kappa shape index (κ1) is 12.9. The number of morpholine rings is 1. The van der Waals surface area contributed by atoms with E-state index in [1.165, 1.54) is 0 Å². The van der Waals surface area contributed by atoms with Crippen molar-refractivity contribution in [1.82, 2.24) is 10.3 Å². The number of para-hydroxylation sites is 1. The highest BCUT2D eigenvalue weighted by Gasteiger charge is 2.15. The minimum absolute atomic E-state index is 0.0301. The molecule has 3 rings (SSSR count). The number of aromatic nitrogens is 1. The van der Waals surface area contributed by atoms with Gasteiger partial charge in [0.2, 0.25) is 5.88 Å². The third kappa shape index (κ3) is 2.72. The molecule has 1 aromatic carbocycles. The minimum atomic E-state index is 0.0301. The number of fused-ring (bicyclic) bond motifs is 1. The van der Waals surface area contributed by atoms with E-state index in [0.717, 1.165) is 24.0 Å². The van der Waals surface area contributed by atoms with Gasteiger partial charge in [-0.15, -0.1) is 0 Å². The fraction of sp³-hybridized carbons (Fsp3) is 0.333. The number of nitrogens with zero attached hydrogens (tertiary/aromatic N) is 2. The second kappa shape index (κ2) is 5.87. The Morgan fingerprint density at radius 1 is 1.45 bits per heavy atom. The Bertz CT molecular complexity index is 645. The maximum absolute atomic E-state index is 9.21. The maximum Gasteiger partial charge on any atom is 0.215 e. The van der Waals surface area contributed by atoms with E-state index in [0.29, 0.717) is 24.7 Å². The number of benzene rings is 1. The van der Waals surface area contributed by atoms with Gasteiger partial charge in [0.25, 0.3) is 0 Å². The zero-order valence-electron chi connectivity index (χ0n) is 11.0. The normalized spacial score (nSPS) is 18.6. The van der Waals surface area contributed by atoms with Crippen LogP contribution in [-0.4, -0.2) is 37.4 Å². The summed E-state index contributed by atoms with van der Waals surface area (Å²) in [6, 6.07) is 11.4. The fourth-order valence-electron chi connectivity index (χ4n) is 2.22. The lowest BCUT2D eigenvalue weighted by molar-refractivity contribution is -0.000677. The Morgan fingerprint density at radius 3 is 3.15 bits per heavy atom. The highest BCUT2D eigenvalue weighted by Crippen LogP contribution is 2.21. The Balaban J connectivity index is 1.79. The van der Waals surface area contributed by atoms with E-state index in [1.807, 2.05) is 24.3 Å². The summed E-state index contributed by atoms with van der Waals surface area (Å²) in [7, 11) is 0. The van der Waals surface area contributed by atoms with Gasteiger partial charge in [-0.25, -0.2) is 4.98 Å². The number of pyridine rings is 1. The van der Waals surface area contributed by atoms with Gasteiger partial charge in [-0.3, -0.25) is 0 Å². The van der Waals surface area contributed by atoms with Crippen LogP contribution in [0.15, 0.2) is 30.3 Å². The van der Waals surface area contributed by atoms with E-state index in [4.69, 9.17) is 9.47 Å². The minimum Gasteiger partial charge on any atom is -0.475 e. The van der Waals surface area contributed by atoms with E-state index in [-0.39, 0.29) is 6.10 Å². The lowest BCUT2D eigenvalue weighted by Gasteiger charge is -2.23. The number of nitrogens with one attached hydrogen (secondary N) is 1. The van der Waals surface area contributed by atoms with Gasteiger partial charge >= 0.3 is 0 Å². The fourth-order valence-corrected chi connectivity index (χ4v) is 2.22. The van der Waals surface area contributed by atoms with Crippen molar-refractivity contribution < 1.29 is 9.47 Å². The van der Waals surface area contributed by atoms with Gasteiger partial charge in [0.05, 0.1) is 17.7 Å². The average molecular weight is 269 g/mol. The predicted molar refractivity (Wildman–Crippen MR) is 74.6 cm³/mol. The van der Waals surface area contributed by atoms with Crippen LogP contribution in [0.1, 0.15) is 5.56 Å².